The molecule has 0 fully saturated rings. The summed E-state index contributed by atoms with van der Waals surface area (Å²) in [5.74, 6) is -0.0119. The Morgan fingerprint density at radius 3 is 2.58 bits per heavy atom. The monoisotopic (exact) mass is 258 g/mol. The van der Waals surface area contributed by atoms with Crippen LogP contribution in [-0.2, 0) is 4.74 Å². The smallest absolute Gasteiger partial charge is 0.376 e. The van der Waals surface area contributed by atoms with Gasteiger partial charge in [-0.2, -0.15) is 0 Å². The van der Waals surface area contributed by atoms with Crippen LogP contribution in [0.5, 0.6) is 0 Å². The Hall–Kier alpha value is -2.63. The number of hydrogen-bond acceptors (Lipinski definition) is 6. The standard InChI is InChI=1S/C13H14N4O2/c1-8-7-11(17-12(15-8)13(18)19-2)16-10-5-3-9(14)4-6-10/h3-7H,14H2,1-2H3,(H,15,16,17). The molecule has 0 bridgehead atoms. The topological polar surface area (TPSA) is 90.1 Å². The number of anilines is 3. The predicted octanol–water partition coefficient (Wildman–Crippen LogP) is 1.90. The van der Waals surface area contributed by atoms with Gasteiger partial charge in [-0.25, -0.2) is 14.8 Å². The van der Waals surface area contributed by atoms with E-state index < -0.39 is 5.97 Å². The minimum absolute atomic E-state index is 0.0282. The molecule has 19 heavy (non-hydrogen) atoms. The van der Waals surface area contributed by atoms with Gasteiger partial charge in [0.25, 0.3) is 0 Å². The number of aryl methyl sites for hydroxylation is 1. The SMILES string of the molecule is COC(=O)c1nc(C)cc(Nc2ccc(N)cc2)n1. The third kappa shape index (κ3) is 3.19. The number of benzene rings is 1. The maximum atomic E-state index is 11.4. The van der Waals surface area contributed by atoms with Crippen molar-refractivity contribution in [2.45, 2.75) is 6.92 Å². The van der Waals surface area contributed by atoms with Crippen LogP contribution in [0.1, 0.15) is 16.3 Å². The van der Waals surface area contributed by atoms with Crippen LogP contribution in [-0.4, -0.2) is 23.0 Å². The minimum Gasteiger partial charge on any atom is -0.463 e. The van der Waals surface area contributed by atoms with Crippen LogP contribution in [0, 0.1) is 6.92 Å². The van der Waals surface area contributed by atoms with Crippen molar-refractivity contribution in [3.63, 3.8) is 0 Å². The van der Waals surface area contributed by atoms with E-state index in [1.54, 1.807) is 25.1 Å². The molecule has 1 aromatic carbocycles. The highest BCUT2D eigenvalue weighted by Gasteiger charge is 2.11. The lowest BCUT2D eigenvalue weighted by Gasteiger charge is -2.08. The van der Waals surface area contributed by atoms with Gasteiger partial charge in [-0.05, 0) is 31.2 Å². The van der Waals surface area contributed by atoms with Gasteiger partial charge in [0.05, 0.1) is 7.11 Å². The Morgan fingerprint density at radius 2 is 1.95 bits per heavy atom. The van der Waals surface area contributed by atoms with Gasteiger partial charge in [-0.1, -0.05) is 0 Å². The van der Waals surface area contributed by atoms with Crippen molar-refractivity contribution in [1.82, 2.24) is 9.97 Å². The third-order valence-corrected chi connectivity index (χ3v) is 2.41. The molecule has 0 radical (unpaired) electrons. The van der Waals surface area contributed by atoms with Gasteiger partial charge in [0.1, 0.15) is 5.82 Å². The van der Waals surface area contributed by atoms with Crippen LogP contribution in [0.25, 0.3) is 0 Å². The van der Waals surface area contributed by atoms with Crippen LogP contribution in [0.3, 0.4) is 0 Å². The first-order valence-electron chi connectivity index (χ1n) is 5.65. The summed E-state index contributed by atoms with van der Waals surface area (Å²) < 4.78 is 4.60. The highest BCUT2D eigenvalue weighted by atomic mass is 16.5. The van der Waals surface area contributed by atoms with Crippen LogP contribution < -0.4 is 11.1 Å². The Morgan fingerprint density at radius 1 is 1.26 bits per heavy atom. The fraction of sp³-hybridized carbons (Fsp3) is 0.154. The number of aromatic nitrogens is 2. The van der Waals surface area contributed by atoms with E-state index in [0.29, 0.717) is 17.2 Å². The molecule has 0 atom stereocenters. The molecule has 0 amide bonds. The van der Waals surface area contributed by atoms with Gasteiger partial charge in [-0.15, -0.1) is 0 Å². The molecule has 6 heteroatoms. The number of nitrogens with two attached hydrogens (primary N) is 1. The molecule has 1 aromatic heterocycles. The highest BCUT2D eigenvalue weighted by molar-refractivity contribution is 5.85. The predicted molar refractivity (Wildman–Crippen MR) is 72.2 cm³/mol. The largest absolute Gasteiger partial charge is 0.463 e. The number of nitrogens with one attached hydrogen (secondary N) is 1. The minimum atomic E-state index is -0.566. The summed E-state index contributed by atoms with van der Waals surface area (Å²) in [6.07, 6.45) is 0. The maximum absolute atomic E-state index is 11.4. The Labute approximate surface area is 110 Å². The van der Waals surface area contributed by atoms with Gasteiger partial charge in [0, 0.05) is 23.1 Å². The molecule has 0 spiro atoms. The molecular weight excluding hydrogens is 244 g/mol. The normalized spacial score (nSPS) is 10.0. The molecule has 0 aliphatic rings. The molecule has 0 saturated heterocycles. The van der Waals surface area contributed by atoms with Crippen molar-refractivity contribution in [3.05, 3.63) is 41.9 Å². The van der Waals surface area contributed by atoms with E-state index in [2.05, 4.69) is 20.0 Å². The van der Waals surface area contributed by atoms with Gasteiger partial charge >= 0.3 is 5.97 Å². The van der Waals surface area contributed by atoms with Crippen molar-refractivity contribution < 1.29 is 9.53 Å². The first-order valence-corrected chi connectivity index (χ1v) is 5.65. The third-order valence-electron chi connectivity index (χ3n) is 2.41. The number of ether oxygens (including phenoxy) is 1. The summed E-state index contributed by atoms with van der Waals surface area (Å²) in [4.78, 5) is 19.5. The second kappa shape index (κ2) is 5.34. The Kier molecular flexibility index (Phi) is 3.61. The number of hydrogen-bond donors (Lipinski definition) is 2. The number of nitrogen functional groups attached to an aromatic ring is 1. The Balaban J connectivity index is 2.27. The van der Waals surface area contributed by atoms with Crippen molar-refractivity contribution in [2.75, 3.05) is 18.2 Å². The molecule has 0 saturated carbocycles. The molecule has 98 valence electrons. The van der Waals surface area contributed by atoms with Crippen molar-refractivity contribution in [1.29, 1.82) is 0 Å². The fourth-order valence-electron chi connectivity index (χ4n) is 1.53. The highest BCUT2D eigenvalue weighted by Crippen LogP contribution is 2.17. The van der Waals surface area contributed by atoms with Crippen LogP contribution in [0.2, 0.25) is 0 Å². The van der Waals surface area contributed by atoms with E-state index in [4.69, 9.17) is 5.73 Å². The lowest BCUT2D eigenvalue weighted by molar-refractivity contribution is 0.0586. The van der Waals surface area contributed by atoms with Gasteiger partial charge in [0.2, 0.25) is 5.82 Å². The van der Waals surface area contributed by atoms with Crippen molar-refractivity contribution in [3.8, 4) is 0 Å². The second-order valence-electron chi connectivity index (χ2n) is 3.96. The average Bonchev–Trinajstić information content (AvgIpc) is 2.40. The summed E-state index contributed by atoms with van der Waals surface area (Å²) in [6, 6.07) is 8.94. The zero-order chi connectivity index (χ0) is 13.8. The quantitative estimate of drug-likeness (QED) is 0.645. The summed E-state index contributed by atoms with van der Waals surface area (Å²) in [5, 5.41) is 3.08. The fourth-order valence-corrected chi connectivity index (χ4v) is 1.53. The molecule has 6 nitrogen and oxygen atoms in total. The second-order valence-corrected chi connectivity index (χ2v) is 3.96. The summed E-state index contributed by atoms with van der Waals surface area (Å²) in [5.41, 5.74) is 7.79. The first-order chi connectivity index (χ1) is 9.08. The van der Waals surface area contributed by atoms with E-state index in [0.717, 1.165) is 5.69 Å². The average molecular weight is 258 g/mol. The number of rotatable bonds is 3. The number of carbonyl (C=O) groups excluding carboxylic acids is 1. The van der Waals surface area contributed by atoms with E-state index in [-0.39, 0.29) is 5.82 Å². The molecule has 2 rings (SSSR count). The maximum Gasteiger partial charge on any atom is 0.376 e. The zero-order valence-corrected chi connectivity index (χ0v) is 10.7. The molecule has 1 heterocycles. The lowest BCUT2D eigenvalue weighted by atomic mass is 10.3. The van der Waals surface area contributed by atoms with Crippen LogP contribution in [0.4, 0.5) is 17.2 Å². The summed E-state index contributed by atoms with van der Waals surface area (Å²) >= 11 is 0. The van der Waals surface area contributed by atoms with E-state index in [1.807, 2.05) is 12.1 Å². The molecule has 2 aromatic rings. The van der Waals surface area contributed by atoms with Crippen molar-refractivity contribution >= 4 is 23.2 Å². The molecule has 3 N–H and O–H groups in total. The molecule has 0 aliphatic heterocycles. The number of nitrogens with zero attached hydrogens (tertiary/aromatic N) is 2. The number of carbonyl (C=O) groups is 1. The van der Waals surface area contributed by atoms with Crippen LogP contribution >= 0.6 is 0 Å². The van der Waals surface area contributed by atoms with E-state index in [1.165, 1.54) is 7.11 Å². The van der Waals surface area contributed by atoms with Gasteiger partial charge in [-0.3, -0.25) is 0 Å². The van der Waals surface area contributed by atoms with Gasteiger partial charge < -0.3 is 15.8 Å². The Bertz CT molecular complexity index is 596. The van der Waals surface area contributed by atoms with Crippen LogP contribution in [0.15, 0.2) is 30.3 Å². The summed E-state index contributed by atoms with van der Waals surface area (Å²) in [6.45, 7) is 1.78. The molecule has 0 aliphatic carbocycles. The number of methoxy groups -OCH3 is 1. The van der Waals surface area contributed by atoms with E-state index >= 15 is 0 Å². The molecular formula is C13H14N4O2. The first kappa shape index (κ1) is 12.8. The molecule has 0 unspecified atom stereocenters. The van der Waals surface area contributed by atoms with Crippen molar-refractivity contribution in [2.24, 2.45) is 0 Å². The zero-order valence-electron chi connectivity index (χ0n) is 10.7. The summed E-state index contributed by atoms with van der Waals surface area (Å²) in [7, 11) is 1.29. The van der Waals surface area contributed by atoms with E-state index in [9.17, 15) is 4.79 Å². The van der Waals surface area contributed by atoms with Gasteiger partial charge in [0.15, 0.2) is 0 Å². The number of esters is 1. The lowest BCUT2D eigenvalue weighted by Crippen LogP contribution is -2.10.